The van der Waals surface area contributed by atoms with E-state index in [2.05, 4.69) is 5.32 Å². The van der Waals surface area contributed by atoms with Crippen molar-refractivity contribution in [1.29, 1.82) is 0 Å². The largest absolute Gasteiger partial charge is 0.369 e. The number of amides is 1. The molecule has 3 aromatic rings. The van der Waals surface area contributed by atoms with Crippen LogP contribution >= 0.6 is 0 Å². The highest BCUT2D eigenvalue weighted by molar-refractivity contribution is 5.73. The Bertz CT molecular complexity index is 1030. The molecule has 0 spiro atoms. The standard InChI is InChI=1S/C29H34N2O4/c1-21(32)31-26-17-25(30)27(33-18-22-11-5-2-6-12-22)29(35-20-24-15-9-4-10-16-24)28(26)34-19-23-13-7-3-8-14-23/h2-16,25-29H,17-20,30H2,1H3,(H,31,32). The second kappa shape index (κ2) is 12.6. The highest BCUT2D eigenvalue weighted by atomic mass is 16.6. The normalized spacial score (nSPS) is 24.1. The maximum atomic E-state index is 12.0. The van der Waals surface area contributed by atoms with Crippen LogP contribution < -0.4 is 11.1 Å². The Morgan fingerprint density at radius 2 is 1.11 bits per heavy atom. The summed E-state index contributed by atoms with van der Waals surface area (Å²) in [5.74, 6) is -0.124. The van der Waals surface area contributed by atoms with Crippen molar-refractivity contribution in [3.05, 3.63) is 108 Å². The Labute approximate surface area is 207 Å². The Morgan fingerprint density at radius 1 is 0.714 bits per heavy atom. The van der Waals surface area contributed by atoms with Crippen molar-refractivity contribution in [2.24, 2.45) is 5.73 Å². The van der Waals surface area contributed by atoms with E-state index in [1.165, 1.54) is 6.92 Å². The van der Waals surface area contributed by atoms with E-state index in [0.29, 0.717) is 26.2 Å². The van der Waals surface area contributed by atoms with Gasteiger partial charge < -0.3 is 25.3 Å². The van der Waals surface area contributed by atoms with E-state index < -0.39 is 18.3 Å². The van der Waals surface area contributed by atoms with Gasteiger partial charge in [-0.1, -0.05) is 91.0 Å². The van der Waals surface area contributed by atoms with Gasteiger partial charge in [0, 0.05) is 13.0 Å². The monoisotopic (exact) mass is 474 g/mol. The van der Waals surface area contributed by atoms with Gasteiger partial charge in [-0.3, -0.25) is 4.79 Å². The van der Waals surface area contributed by atoms with Crippen LogP contribution in [0.5, 0.6) is 0 Å². The molecule has 184 valence electrons. The van der Waals surface area contributed by atoms with E-state index in [4.69, 9.17) is 19.9 Å². The summed E-state index contributed by atoms with van der Waals surface area (Å²) in [5, 5.41) is 3.04. The van der Waals surface area contributed by atoms with Crippen LogP contribution in [0.2, 0.25) is 0 Å². The molecule has 6 nitrogen and oxygen atoms in total. The number of carbonyl (C=O) groups is 1. The first kappa shape index (κ1) is 25.1. The second-order valence-electron chi connectivity index (χ2n) is 8.99. The van der Waals surface area contributed by atoms with Crippen LogP contribution in [0.25, 0.3) is 0 Å². The van der Waals surface area contributed by atoms with Gasteiger partial charge in [0.1, 0.15) is 18.3 Å². The Morgan fingerprint density at radius 3 is 1.54 bits per heavy atom. The van der Waals surface area contributed by atoms with Gasteiger partial charge >= 0.3 is 0 Å². The number of hydrogen-bond acceptors (Lipinski definition) is 5. The number of carbonyl (C=O) groups excluding carboxylic acids is 1. The van der Waals surface area contributed by atoms with Crippen LogP contribution in [-0.4, -0.2) is 36.3 Å². The van der Waals surface area contributed by atoms with E-state index in [0.717, 1.165) is 16.7 Å². The van der Waals surface area contributed by atoms with Crippen LogP contribution in [0.3, 0.4) is 0 Å². The molecule has 0 radical (unpaired) electrons. The van der Waals surface area contributed by atoms with Gasteiger partial charge in [0.25, 0.3) is 0 Å². The fourth-order valence-corrected chi connectivity index (χ4v) is 4.54. The van der Waals surface area contributed by atoms with E-state index >= 15 is 0 Å². The summed E-state index contributed by atoms with van der Waals surface area (Å²) in [6.07, 6.45) is -0.764. The number of rotatable bonds is 10. The van der Waals surface area contributed by atoms with Crippen molar-refractivity contribution in [3.63, 3.8) is 0 Å². The molecule has 4 rings (SSSR count). The molecule has 0 saturated heterocycles. The summed E-state index contributed by atoms with van der Waals surface area (Å²) in [5.41, 5.74) is 9.78. The molecule has 3 aromatic carbocycles. The van der Waals surface area contributed by atoms with E-state index in [-0.39, 0.29) is 18.0 Å². The molecule has 0 bridgehead atoms. The average Bonchev–Trinajstić information content (AvgIpc) is 2.88. The van der Waals surface area contributed by atoms with Crippen molar-refractivity contribution in [3.8, 4) is 0 Å². The SMILES string of the molecule is CC(=O)NC1CC(N)C(OCc2ccccc2)C(OCc2ccccc2)C1OCc1ccccc1. The van der Waals surface area contributed by atoms with Crippen molar-refractivity contribution < 1.29 is 19.0 Å². The van der Waals surface area contributed by atoms with Crippen molar-refractivity contribution >= 4 is 5.91 Å². The summed E-state index contributed by atoms with van der Waals surface area (Å²) in [4.78, 5) is 12.0. The lowest BCUT2D eigenvalue weighted by molar-refractivity contribution is -0.184. The first-order valence-corrected chi connectivity index (χ1v) is 12.1. The number of hydrogen-bond donors (Lipinski definition) is 2. The van der Waals surface area contributed by atoms with E-state index in [9.17, 15) is 4.79 Å². The quantitative estimate of drug-likeness (QED) is 0.465. The molecule has 35 heavy (non-hydrogen) atoms. The van der Waals surface area contributed by atoms with Gasteiger partial charge in [-0.15, -0.1) is 0 Å². The average molecular weight is 475 g/mol. The summed E-state index contributed by atoms with van der Waals surface area (Å²) in [6, 6.07) is 29.4. The van der Waals surface area contributed by atoms with Crippen LogP contribution in [0.15, 0.2) is 91.0 Å². The lowest BCUT2D eigenvalue weighted by Crippen LogP contribution is -2.64. The van der Waals surface area contributed by atoms with Crippen molar-refractivity contribution in [1.82, 2.24) is 5.32 Å². The maximum absolute atomic E-state index is 12.0. The van der Waals surface area contributed by atoms with E-state index in [1.807, 2.05) is 91.0 Å². The highest BCUT2D eigenvalue weighted by Gasteiger charge is 2.46. The predicted octanol–water partition coefficient (Wildman–Crippen LogP) is 3.98. The molecule has 1 amide bonds. The first-order valence-electron chi connectivity index (χ1n) is 12.1. The minimum atomic E-state index is -0.469. The molecular weight excluding hydrogens is 440 g/mol. The van der Waals surface area contributed by atoms with Crippen molar-refractivity contribution in [2.45, 2.75) is 63.6 Å². The van der Waals surface area contributed by atoms with Gasteiger partial charge in [0.05, 0.1) is 25.9 Å². The van der Waals surface area contributed by atoms with E-state index in [1.54, 1.807) is 0 Å². The number of benzene rings is 3. The molecule has 1 aliphatic rings. The maximum Gasteiger partial charge on any atom is 0.217 e. The van der Waals surface area contributed by atoms with Gasteiger partial charge in [0.15, 0.2) is 0 Å². The zero-order chi connectivity index (χ0) is 24.5. The molecule has 0 heterocycles. The third-order valence-corrected chi connectivity index (χ3v) is 6.24. The molecule has 1 aliphatic carbocycles. The molecule has 1 saturated carbocycles. The summed E-state index contributed by atoms with van der Waals surface area (Å²) >= 11 is 0. The zero-order valence-electron chi connectivity index (χ0n) is 20.1. The van der Waals surface area contributed by atoms with Crippen molar-refractivity contribution in [2.75, 3.05) is 0 Å². The van der Waals surface area contributed by atoms with Crippen LogP contribution in [0, 0.1) is 0 Å². The van der Waals surface area contributed by atoms with Gasteiger partial charge in [-0.05, 0) is 23.1 Å². The molecule has 5 atom stereocenters. The first-order chi connectivity index (χ1) is 17.1. The predicted molar refractivity (Wildman–Crippen MR) is 135 cm³/mol. The Balaban J connectivity index is 1.57. The lowest BCUT2D eigenvalue weighted by Gasteiger charge is -2.45. The lowest BCUT2D eigenvalue weighted by atomic mass is 9.83. The van der Waals surface area contributed by atoms with Crippen LogP contribution in [0.4, 0.5) is 0 Å². The summed E-state index contributed by atoms with van der Waals surface area (Å²) in [6.45, 7) is 2.72. The smallest absolute Gasteiger partial charge is 0.217 e. The molecule has 1 fully saturated rings. The van der Waals surface area contributed by atoms with Gasteiger partial charge in [-0.2, -0.15) is 0 Å². The third-order valence-electron chi connectivity index (χ3n) is 6.24. The minimum absolute atomic E-state index is 0.124. The Hall–Kier alpha value is -3.03. The van der Waals surface area contributed by atoms with Crippen LogP contribution in [-0.2, 0) is 38.8 Å². The highest BCUT2D eigenvalue weighted by Crippen LogP contribution is 2.29. The number of nitrogens with two attached hydrogens (primary N) is 1. The fraction of sp³-hybridized carbons (Fsp3) is 0.345. The molecule has 0 aromatic heterocycles. The number of ether oxygens (including phenoxy) is 3. The van der Waals surface area contributed by atoms with Gasteiger partial charge in [-0.25, -0.2) is 0 Å². The van der Waals surface area contributed by atoms with Crippen LogP contribution in [0.1, 0.15) is 30.0 Å². The third kappa shape index (κ3) is 7.23. The molecule has 3 N–H and O–H groups in total. The van der Waals surface area contributed by atoms with Gasteiger partial charge in [0.2, 0.25) is 5.91 Å². The minimum Gasteiger partial charge on any atom is -0.369 e. The molecule has 0 aliphatic heterocycles. The Kier molecular flexibility index (Phi) is 9.03. The molecular formula is C29H34N2O4. The fourth-order valence-electron chi connectivity index (χ4n) is 4.54. The number of nitrogens with one attached hydrogen (secondary N) is 1. The molecule has 5 unspecified atom stereocenters. The summed E-state index contributed by atoms with van der Waals surface area (Å²) < 4.78 is 19.3. The second-order valence-corrected chi connectivity index (χ2v) is 8.99. The zero-order valence-corrected chi connectivity index (χ0v) is 20.1. The topological polar surface area (TPSA) is 82.8 Å². The molecule has 6 heteroatoms. The summed E-state index contributed by atoms with van der Waals surface area (Å²) in [7, 11) is 0.